The zero-order chi connectivity index (χ0) is 13.5. The van der Waals surface area contributed by atoms with E-state index in [1.54, 1.807) is 6.92 Å². The van der Waals surface area contributed by atoms with E-state index in [9.17, 15) is 14.7 Å². The molecule has 6 heteroatoms. The highest BCUT2D eigenvalue weighted by molar-refractivity contribution is 9.10. The Kier molecular flexibility index (Phi) is 5.38. The molecule has 0 unspecified atom stereocenters. The normalized spacial score (nSPS) is 9.44. The van der Waals surface area contributed by atoms with Crippen molar-refractivity contribution in [3.63, 3.8) is 0 Å². The van der Waals surface area contributed by atoms with Crippen LogP contribution in [0, 0.1) is 0 Å². The molecule has 18 heavy (non-hydrogen) atoms. The van der Waals surface area contributed by atoms with Crippen molar-refractivity contribution in [2.24, 2.45) is 0 Å². The van der Waals surface area contributed by atoms with Gasteiger partial charge < -0.3 is 14.3 Å². The van der Waals surface area contributed by atoms with Gasteiger partial charge in [0.15, 0.2) is 11.0 Å². The summed E-state index contributed by atoms with van der Waals surface area (Å²) in [6.45, 7) is 2.66. The highest BCUT2D eigenvalue weighted by Crippen LogP contribution is 2.26. The lowest BCUT2D eigenvalue weighted by Crippen LogP contribution is -1.97. The third-order valence-corrected chi connectivity index (χ3v) is 2.52. The fourth-order valence-corrected chi connectivity index (χ4v) is 1.75. The molecule has 0 saturated heterocycles. The van der Waals surface area contributed by atoms with Crippen LogP contribution in [-0.2, 0) is 9.53 Å². The molecule has 0 bridgehead atoms. The molecule has 0 fully saturated rings. The predicted octanol–water partition coefficient (Wildman–Crippen LogP) is 2.44. The average Bonchev–Trinajstić information content (AvgIpc) is 2.32. The molecule has 1 aromatic carbocycles. The van der Waals surface area contributed by atoms with Crippen molar-refractivity contribution in [2.45, 2.75) is 6.92 Å². The highest BCUT2D eigenvalue weighted by Gasteiger charge is 2.05. The Bertz CT molecular complexity index is 591. The number of aromatic hydroxyl groups is 1. The second-order valence-corrected chi connectivity index (χ2v) is 4.00. The molecule has 0 spiro atoms. The second-order valence-electron chi connectivity index (χ2n) is 3.14. The largest absolute Gasteiger partial charge is 0.508 e. The molecule has 0 aliphatic heterocycles. The lowest BCUT2D eigenvalue weighted by Gasteiger charge is -1.98. The summed E-state index contributed by atoms with van der Waals surface area (Å²) in [6.07, 6.45) is 1.33. The van der Waals surface area contributed by atoms with Crippen LogP contribution in [0.4, 0.5) is 0 Å². The highest BCUT2D eigenvalue weighted by atomic mass is 79.9. The van der Waals surface area contributed by atoms with Gasteiger partial charge in [-0.15, -0.1) is 0 Å². The Morgan fingerprint density at radius 1 is 1.50 bits per heavy atom. The molecule has 0 saturated carbocycles. The monoisotopic (exact) mass is 314 g/mol. The van der Waals surface area contributed by atoms with E-state index < -0.39 is 0 Å². The number of hydrogen-bond acceptors (Lipinski definition) is 5. The van der Waals surface area contributed by atoms with Gasteiger partial charge >= 0.3 is 0 Å². The second kappa shape index (κ2) is 6.80. The van der Waals surface area contributed by atoms with E-state index in [1.165, 1.54) is 24.5 Å². The molecule has 1 aromatic heterocycles. The van der Waals surface area contributed by atoms with Gasteiger partial charge in [0.2, 0.25) is 0 Å². The maximum atomic E-state index is 11.3. The molecule has 1 N–H and O–H groups in total. The van der Waals surface area contributed by atoms with E-state index in [0.29, 0.717) is 28.5 Å². The zero-order valence-electron chi connectivity index (χ0n) is 9.55. The quantitative estimate of drug-likeness (QED) is 0.861. The maximum Gasteiger partial charge on any atom is 0.293 e. The van der Waals surface area contributed by atoms with Crippen molar-refractivity contribution in [3.8, 4) is 5.75 Å². The Balaban J connectivity index is 0.000000280. The molecular weight excluding hydrogens is 304 g/mol. The number of rotatable bonds is 2. The molecule has 0 aliphatic rings. The molecule has 96 valence electrons. The summed E-state index contributed by atoms with van der Waals surface area (Å²) in [5.41, 5.74) is 0.281. The van der Waals surface area contributed by atoms with Crippen molar-refractivity contribution >= 4 is 33.4 Å². The van der Waals surface area contributed by atoms with Crippen LogP contribution in [0.15, 0.2) is 38.1 Å². The van der Waals surface area contributed by atoms with E-state index >= 15 is 0 Å². The molecule has 0 radical (unpaired) electrons. The average molecular weight is 315 g/mol. The fourth-order valence-electron chi connectivity index (χ4n) is 1.20. The topological polar surface area (TPSA) is 76.7 Å². The van der Waals surface area contributed by atoms with Crippen molar-refractivity contribution in [1.29, 1.82) is 0 Å². The summed E-state index contributed by atoms with van der Waals surface area (Å²) in [5, 5.41) is 9.59. The van der Waals surface area contributed by atoms with Crippen LogP contribution in [0.1, 0.15) is 6.92 Å². The standard InChI is InChI=1S/C9H5BrO3.C3H6O2/c10-7-4-5(11)3-6-8(12)1-2-13-9(6)7;1-2-5-3-4/h1-4,11H;3H,2H2,1H3. The molecule has 1 heterocycles. The summed E-state index contributed by atoms with van der Waals surface area (Å²) < 4.78 is 9.84. The predicted molar refractivity (Wildman–Crippen MR) is 69.5 cm³/mol. The van der Waals surface area contributed by atoms with Crippen molar-refractivity contribution in [1.82, 2.24) is 0 Å². The van der Waals surface area contributed by atoms with E-state index in [4.69, 9.17) is 4.42 Å². The molecule has 0 aliphatic carbocycles. The van der Waals surface area contributed by atoms with Crippen LogP contribution in [0.25, 0.3) is 11.0 Å². The van der Waals surface area contributed by atoms with Gasteiger partial charge in [-0.2, -0.15) is 0 Å². The minimum atomic E-state index is -0.169. The first-order valence-corrected chi connectivity index (χ1v) is 5.84. The number of halogens is 1. The van der Waals surface area contributed by atoms with Crippen molar-refractivity contribution < 1.29 is 19.1 Å². The fraction of sp³-hybridized carbons (Fsp3) is 0.167. The number of benzene rings is 1. The molecule has 2 rings (SSSR count). The van der Waals surface area contributed by atoms with Crippen LogP contribution < -0.4 is 5.43 Å². The first-order valence-electron chi connectivity index (χ1n) is 5.05. The SMILES string of the molecule is CCOC=O.O=c1ccoc2c(Br)cc(O)cc12. The summed E-state index contributed by atoms with van der Waals surface area (Å²) in [4.78, 5) is 20.5. The number of phenols is 1. The van der Waals surface area contributed by atoms with Gasteiger partial charge in [0, 0.05) is 6.07 Å². The van der Waals surface area contributed by atoms with E-state index in [0.717, 1.165) is 0 Å². The van der Waals surface area contributed by atoms with E-state index in [2.05, 4.69) is 20.7 Å². The minimum Gasteiger partial charge on any atom is -0.508 e. The van der Waals surface area contributed by atoms with Gasteiger partial charge in [-0.3, -0.25) is 9.59 Å². The zero-order valence-corrected chi connectivity index (χ0v) is 11.1. The molecule has 0 amide bonds. The number of phenolic OH excluding ortho intramolecular Hbond substituents is 1. The number of carbonyl (C=O) groups excluding carboxylic acids is 1. The molecule has 2 aromatic rings. The van der Waals surface area contributed by atoms with Gasteiger partial charge in [0.25, 0.3) is 6.47 Å². The Labute approximate surface area is 111 Å². The Morgan fingerprint density at radius 3 is 2.78 bits per heavy atom. The van der Waals surface area contributed by atoms with Crippen LogP contribution in [0.3, 0.4) is 0 Å². The number of hydrogen-bond donors (Lipinski definition) is 1. The maximum absolute atomic E-state index is 11.3. The summed E-state index contributed by atoms with van der Waals surface area (Å²) in [6, 6.07) is 4.17. The van der Waals surface area contributed by atoms with Crippen molar-refractivity contribution in [3.05, 3.63) is 39.2 Å². The molecule has 0 atom stereocenters. The van der Waals surface area contributed by atoms with E-state index in [1.807, 2.05) is 0 Å². The Morgan fingerprint density at radius 2 is 2.22 bits per heavy atom. The Hall–Kier alpha value is -1.82. The number of carbonyl (C=O) groups is 1. The smallest absolute Gasteiger partial charge is 0.293 e. The number of fused-ring (bicyclic) bond motifs is 1. The van der Waals surface area contributed by atoms with E-state index in [-0.39, 0.29) is 11.2 Å². The van der Waals surface area contributed by atoms with Crippen LogP contribution >= 0.6 is 15.9 Å². The lowest BCUT2D eigenvalue weighted by molar-refractivity contribution is -0.128. The minimum absolute atomic E-state index is 0.0397. The number of ether oxygens (including phenoxy) is 1. The van der Waals surface area contributed by atoms with Gasteiger partial charge in [0.05, 0.1) is 22.7 Å². The summed E-state index contributed by atoms with van der Waals surface area (Å²) in [5.74, 6) is 0.0397. The van der Waals surface area contributed by atoms with Crippen LogP contribution in [-0.4, -0.2) is 18.2 Å². The van der Waals surface area contributed by atoms with Crippen LogP contribution in [0.5, 0.6) is 5.75 Å². The summed E-state index contributed by atoms with van der Waals surface area (Å²) in [7, 11) is 0. The van der Waals surface area contributed by atoms with Gasteiger partial charge in [-0.05, 0) is 35.0 Å². The first kappa shape index (κ1) is 14.2. The van der Waals surface area contributed by atoms with Crippen LogP contribution in [0.2, 0.25) is 0 Å². The molecular formula is C12H11BrO5. The third kappa shape index (κ3) is 3.59. The summed E-state index contributed by atoms with van der Waals surface area (Å²) >= 11 is 3.19. The lowest BCUT2D eigenvalue weighted by atomic mass is 10.2. The van der Waals surface area contributed by atoms with Gasteiger partial charge in [0.1, 0.15) is 5.75 Å². The first-order chi connectivity index (χ1) is 8.60. The molecule has 5 nitrogen and oxygen atoms in total. The third-order valence-electron chi connectivity index (χ3n) is 1.93. The van der Waals surface area contributed by atoms with Gasteiger partial charge in [-0.1, -0.05) is 0 Å². The van der Waals surface area contributed by atoms with Gasteiger partial charge in [-0.25, -0.2) is 0 Å². The van der Waals surface area contributed by atoms with Crippen molar-refractivity contribution in [2.75, 3.05) is 6.61 Å².